The van der Waals surface area contributed by atoms with E-state index < -0.39 is 21.5 Å². The summed E-state index contributed by atoms with van der Waals surface area (Å²) in [6.45, 7) is 5.50. The number of nitrogens with one attached hydrogen (secondary N) is 1. The van der Waals surface area contributed by atoms with Crippen LogP contribution in [0.1, 0.15) is 35.9 Å². The van der Waals surface area contributed by atoms with E-state index in [0.717, 1.165) is 24.0 Å². The zero-order valence-corrected chi connectivity index (χ0v) is 18.9. The average Bonchev–Trinajstić information content (AvgIpc) is 3.06. The predicted octanol–water partition coefficient (Wildman–Crippen LogP) is 4.01. The molecule has 1 heterocycles. The van der Waals surface area contributed by atoms with Crippen molar-refractivity contribution in [1.29, 1.82) is 0 Å². The van der Waals surface area contributed by atoms with Gasteiger partial charge in [-0.3, -0.25) is 4.79 Å². The monoisotopic (exact) mass is 440 g/mol. The number of amides is 1. The van der Waals surface area contributed by atoms with Gasteiger partial charge in [0.1, 0.15) is 11.5 Å². The third-order valence-corrected chi connectivity index (χ3v) is 6.51. The summed E-state index contributed by atoms with van der Waals surface area (Å²) in [6, 6.07) is 17.5. The van der Waals surface area contributed by atoms with Gasteiger partial charge < -0.3 is 9.73 Å². The molecule has 3 aromatic rings. The largest absolute Gasteiger partial charge is 0.441 e. The Morgan fingerprint density at radius 2 is 1.74 bits per heavy atom. The van der Waals surface area contributed by atoms with Crippen molar-refractivity contribution < 1.29 is 17.6 Å². The summed E-state index contributed by atoms with van der Waals surface area (Å²) in [4.78, 5) is 16.7. The number of aryl methyl sites for hydroxylation is 3. The van der Waals surface area contributed by atoms with Crippen LogP contribution in [-0.2, 0) is 26.8 Å². The molecule has 1 amide bonds. The van der Waals surface area contributed by atoms with Gasteiger partial charge >= 0.3 is 0 Å². The summed E-state index contributed by atoms with van der Waals surface area (Å²) < 4.78 is 30.9. The van der Waals surface area contributed by atoms with Crippen molar-refractivity contribution in [2.24, 2.45) is 0 Å². The zero-order valence-electron chi connectivity index (χ0n) is 18.1. The number of carbonyl (C=O) groups excluding carboxylic acids is 1. The van der Waals surface area contributed by atoms with E-state index in [2.05, 4.69) is 10.3 Å². The van der Waals surface area contributed by atoms with Gasteiger partial charge in [-0.05, 0) is 50.8 Å². The first-order valence-corrected chi connectivity index (χ1v) is 12.1. The van der Waals surface area contributed by atoms with Crippen LogP contribution >= 0.6 is 0 Å². The minimum absolute atomic E-state index is 0.121. The molecule has 7 heteroatoms. The second-order valence-corrected chi connectivity index (χ2v) is 9.93. The summed E-state index contributed by atoms with van der Waals surface area (Å²) in [5.74, 6) is -0.576. The number of carbonyl (C=O) groups is 1. The summed E-state index contributed by atoms with van der Waals surface area (Å²) in [7, 11) is -3.68. The molecular formula is C24H28N2O4S. The summed E-state index contributed by atoms with van der Waals surface area (Å²) in [5, 5.41) is 2.78. The summed E-state index contributed by atoms with van der Waals surface area (Å²) in [6.07, 6.45) is 1.55. The van der Waals surface area contributed by atoms with Crippen molar-refractivity contribution >= 4 is 15.7 Å². The molecule has 1 N–H and O–H groups in total. The Morgan fingerprint density at radius 1 is 1.06 bits per heavy atom. The molecule has 1 aromatic heterocycles. The highest BCUT2D eigenvalue weighted by molar-refractivity contribution is 7.91. The maximum absolute atomic E-state index is 12.6. The molecule has 31 heavy (non-hydrogen) atoms. The lowest BCUT2D eigenvalue weighted by Crippen LogP contribution is -2.37. The van der Waals surface area contributed by atoms with E-state index in [4.69, 9.17) is 4.42 Å². The number of sulfone groups is 1. The number of rotatable bonds is 9. The van der Waals surface area contributed by atoms with Crippen LogP contribution in [0.4, 0.5) is 0 Å². The van der Waals surface area contributed by atoms with Crippen LogP contribution in [0.25, 0.3) is 11.5 Å². The average molecular weight is 441 g/mol. The fraction of sp³-hybridized carbons (Fsp3) is 0.333. The third-order valence-electron chi connectivity index (χ3n) is 5.09. The Kier molecular flexibility index (Phi) is 7.28. The van der Waals surface area contributed by atoms with Crippen LogP contribution < -0.4 is 5.32 Å². The minimum Gasteiger partial charge on any atom is -0.441 e. The van der Waals surface area contributed by atoms with E-state index in [-0.39, 0.29) is 11.8 Å². The molecule has 3 rings (SSSR count). The van der Waals surface area contributed by atoms with E-state index in [1.165, 1.54) is 5.56 Å². The van der Waals surface area contributed by atoms with Crippen LogP contribution in [-0.4, -0.2) is 31.1 Å². The standard InChI is InChI=1S/C24H28N2O4S/c1-17-9-7-8-12-21(17)24-26-22(19(3)30-24)15-31(28,29)16-23(27)25-18(2)13-14-20-10-5-4-6-11-20/h4-12,18H,13-16H2,1-3H3,(H,25,27)/t18-/m0/s1. The summed E-state index contributed by atoms with van der Waals surface area (Å²) >= 11 is 0. The Hall–Kier alpha value is -2.93. The number of nitrogens with zero attached hydrogens (tertiary/aromatic N) is 1. The first-order chi connectivity index (χ1) is 14.7. The second kappa shape index (κ2) is 9.92. The van der Waals surface area contributed by atoms with E-state index in [9.17, 15) is 13.2 Å². The number of oxazole rings is 1. The topological polar surface area (TPSA) is 89.3 Å². The molecule has 0 aliphatic carbocycles. The van der Waals surface area contributed by atoms with Gasteiger partial charge in [-0.15, -0.1) is 0 Å². The Morgan fingerprint density at radius 3 is 2.45 bits per heavy atom. The molecular weight excluding hydrogens is 412 g/mol. The van der Waals surface area contributed by atoms with Gasteiger partial charge in [-0.1, -0.05) is 48.5 Å². The van der Waals surface area contributed by atoms with Gasteiger partial charge in [0.2, 0.25) is 11.8 Å². The molecule has 164 valence electrons. The number of aromatic nitrogens is 1. The lowest BCUT2D eigenvalue weighted by molar-refractivity contribution is -0.119. The fourth-order valence-electron chi connectivity index (χ4n) is 3.37. The molecule has 0 saturated heterocycles. The molecule has 0 spiro atoms. The van der Waals surface area contributed by atoms with Crippen molar-refractivity contribution in [1.82, 2.24) is 10.3 Å². The molecule has 0 radical (unpaired) electrons. The van der Waals surface area contributed by atoms with Gasteiger partial charge in [0.25, 0.3) is 0 Å². The van der Waals surface area contributed by atoms with Crippen LogP contribution in [0.15, 0.2) is 59.0 Å². The Labute approximate surface area is 183 Å². The first kappa shape index (κ1) is 22.7. The van der Waals surface area contributed by atoms with Gasteiger partial charge in [0.05, 0.1) is 11.4 Å². The fourth-order valence-corrected chi connectivity index (χ4v) is 4.63. The van der Waals surface area contributed by atoms with E-state index in [1.807, 2.05) is 68.4 Å². The first-order valence-electron chi connectivity index (χ1n) is 10.3. The molecule has 0 unspecified atom stereocenters. The maximum atomic E-state index is 12.6. The zero-order chi connectivity index (χ0) is 22.4. The smallest absolute Gasteiger partial charge is 0.235 e. The minimum atomic E-state index is -3.68. The molecule has 0 bridgehead atoms. The second-order valence-electron chi connectivity index (χ2n) is 7.86. The Bertz CT molecular complexity index is 1140. The van der Waals surface area contributed by atoms with E-state index in [0.29, 0.717) is 17.3 Å². The normalized spacial score (nSPS) is 12.5. The highest BCUT2D eigenvalue weighted by Crippen LogP contribution is 2.25. The van der Waals surface area contributed by atoms with Crippen molar-refractivity contribution in [2.45, 2.75) is 45.4 Å². The number of hydrogen-bond acceptors (Lipinski definition) is 5. The van der Waals surface area contributed by atoms with Gasteiger partial charge in [-0.25, -0.2) is 13.4 Å². The van der Waals surface area contributed by atoms with Crippen molar-refractivity contribution in [3.05, 3.63) is 77.2 Å². The maximum Gasteiger partial charge on any atom is 0.235 e. The molecule has 0 fully saturated rings. The van der Waals surface area contributed by atoms with Crippen molar-refractivity contribution in [3.8, 4) is 11.5 Å². The van der Waals surface area contributed by atoms with Gasteiger partial charge in [0, 0.05) is 11.6 Å². The summed E-state index contributed by atoms with van der Waals surface area (Å²) in [5.41, 5.74) is 3.33. The van der Waals surface area contributed by atoms with Crippen LogP contribution in [0.2, 0.25) is 0 Å². The lowest BCUT2D eigenvalue weighted by atomic mass is 10.1. The van der Waals surface area contributed by atoms with E-state index >= 15 is 0 Å². The molecule has 6 nitrogen and oxygen atoms in total. The highest BCUT2D eigenvalue weighted by atomic mass is 32.2. The molecule has 0 saturated carbocycles. The highest BCUT2D eigenvalue weighted by Gasteiger charge is 2.23. The molecule has 0 aliphatic rings. The third kappa shape index (κ3) is 6.52. The van der Waals surface area contributed by atoms with Crippen molar-refractivity contribution in [3.63, 3.8) is 0 Å². The van der Waals surface area contributed by atoms with Gasteiger partial charge in [0.15, 0.2) is 9.84 Å². The van der Waals surface area contributed by atoms with Crippen LogP contribution in [0.3, 0.4) is 0 Å². The molecule has 0 aliphatic heterocycles. The lowest BCUT2D eigenvalue weighted by Gasteiger charge is -2.14. The number of benzene rings is 2. The quantitative estimate of drug-likeness (QED) is 0.543. The predicted molar refractivity (Wildman–Crippen MR) is 121 cm³/mol. The molecule has 2 aromatic carbocycles. The van der Waals surface area contributed by atoms with Gasteiger partial charge in [-0.2, -0.15) is 0 Å². The SMILES string of the molecule is Cc1ccccc1-c1nc(CS(=O)(=O)CC(=O)N[C@@H](C)CCc2ccccc2)c(C)o1. The van der Waals surface area contributed by atoms with Crippen LogP contribution in [0, 0.1) is 13.8 Å². The number of hydrogen-bond donors (Lipinski definition) is 1. The van der Waals surface area contributed by atoms with Crippen LogP contribution in [0.5, 0.6) is 0 Å². The Balaban J connectivity index is 1.57. The van der Waals surface area contributed by atoms with E-state index in [1.54, 1.807) is 6.92 Å². The molecule has 1 atom stereocenters. The van der Waals surface area contributed by atoms with Crippen molar-refractivity contribution in [2.75, 3.05) is 5.75 Å².